The highest BCUT2D eigenvalue weighted by molar-refractivity contribution is 7.10. The summed E-state index contributed by atoms with van der Waals surface area (Å²) in [6, 6.07) is 17.6. The molecule has 0 spiro atoms. The van der Waals surface area contributed by atoms with Crippen LogP contribution in [0.3, 0.4) is 0 Å². The Morgan fingerprint density at radius 2 is 1.81 bits per heavy atom. The quantitative estimate of drug-likeness (QED) is 0.463. The van der Waals surface area contributed by atoms with Crippen LogP contribution >= 0.6 is 11.3 Å². The zero-order valence-electron chi connectivity index (χ0n) is 15.0. The van der Waals surface area contributed by atoms with Crippen molar-refractivity contribution in [2.45, 2.75) is 0 Å². The number of aromatic nitrogens is 1. The van der Waals surface area contributed by atoms with Crippen LogP contribution in [0.15, 0.2) is 69.2 Å². The van der Waals surface area contributed by atoms with Crippen LogP contribution in [0.5, 0.6) is 0 Å². The maximum Gasteiger partial charge on any atom is 0.345 e. The van der Waals surface area contributed by atoms with Crippen LogP contribution in [0.25, 0.3) is 34.4 Å². The molecular formula is C22H18N2O2S. The smallest absolute Gasteiger partial charge is 0.345 e. The van der Waals surface area contributed by atoms with E-state index in [0.29, 0.717) is 16.8 Å². The predicted molar refractivity (Wildman–Crippen MR) is 113 cm³/mol. The number of para-hydroxylation sites is 1. The standard InChI is InChI=1S/C22H18N2O2S/c1-24(2)17-10-7-15(8-11-17)9-12-21-23-19(14-27-21)18-13-16-5-3-4-6-20(16)26-22(18)25/h3-14H,1-2H3/b12-9+. The molecule has 2 aromatic carbocycles. The van der Waals surface area contributed by atoms with Crippen molar-refractivity contribution >= 4 is 40.1 Å². The minimum absolute atomic E-state index is 0.367. The molecular weight excluding hydrogens is 356 g/mol. The van der Waals surface area contributed by atoms with E-state index in [1.807, 2.05) is 55.9 Å². The lowest BCUT2D eigenvalue weighted by atomic mass is 10.1. The Hall–Kier alpha value is -3.18. The van der Waals surface area contributed by atoms with Gasteiger partial charge in [0.2, 0.25) is 0 Å². The molecule has 134 valence electrons. The molecule has 0 N–H and O–H groups in total. The van der Waals surface area contributed by atoms with Crippen LogP contribution < -0.4 is 10.5 Å². The molecule has 27 heavy (non-hydrogen) atoms. The molecule has 0 fully saturated rings. The van der Waals surface area contributed by atoms with Crippen LogP contribution in [-0.2, 0) is 0 Å². The van der Waals surface area contributed by atoms with Gasteiger partial charge in [-0.15, -0.1) is 11.3 Å². The van der Waals surface area contributed by atoms with Crippen LogP contribution in [0.1, 0.15) is 10.6 Å². The molecule has 0 aliphatic heterocycles. The van der Waals surface area contributed by atoms with Crippen molar-refractivity contribution in [3.05, 3.63) is 81.0 Å². The second-order valence-electron chi connectivity index (χ2n) is 6.38. The Bertz CT molecular complexity index is 1170. The van der Waals surface area contributed by atoms with Crippen molar-refractivity contribution < 1.29 is 4.42 Å². The molecule has 0 aliphatic carbocycles. The zero-order chi connectivity index (χ0) is 18.8. The average molecular weight is 374 g/mol. The van der Waals surface area contributed by atoms with E-state index >= 15 is 0 Å². The van der Waals surface area contributed by atoms with Crippen molar-refractivity contribution in [2.24, 2.45) is 0 Å². The number of rotatable bonds is 4. The lowest BCUT2D eigenvalue weighted by molar-refractivity contribution is 0.563. The molecule has 0 unspecified atom stereocenters. The van der Waals surface area contributed by atoms with Gasteiger partial charge >= 0.3 is 5.63 Å². The molecule has 0 atom stereocenters. The van der Waals surface area contributed by atoms with Gasteiger partial charge in [-0.2, -0.15) is 0 Å². The van der Waals surface area contributed by atoms with Crippen molar-refractivity contribution in [3.63, 3.8) is 0 Å². The first-order valence-corrected chi connectivity index (χ1v) is 9.42. The fourth-order valence-corrected chi connectivity index (χ4v) is 3.49. The number of fused-ring (bicyclic) bond motifs is 1. The second-order valence-corrected chi connectivity index (χ2v) is 7.27. The van der Waals surface area contributed by atoms with Gasteiger partial charge in [0.1, 0.15) is 10.6 Å². The van der Waals surface area contributed by atoms with Gasteiger partial charge in [-0.1, -0.05) is 36.4 Å². The third kappa shape index (κ3) is 3.68. The monoisotopic (exact) mass is 374 g/mol. The van der Waals surface area contributed by atoms with E-state index in [1.165, 1.54) is 11.3 Å². The summed E-state index contributed by atoms with van der Waals surface area (Å²) < 4.78 is 5.40. The van der Waals surface area contributed by atoms with Crippen LogP contribution in [0.4, 0.5) is 5.69 Å². The van der Waals surface area contributed by atoms with Gasteiger partial charge in [0.25, 0.3) is 0 Å². The summed E-state index contributed by atoms with van der Waals surface area (Å²) in [5.41, 5.74) is 3.60. The second kappa shape index (κ2) is 7.21. The third-order valence-corrected chi connectivity index (χ3v) is 5.08. The van der Waals surface area contributed by atoms with Gasteiger partial charge < -0.3 is 9.32 Å². The molecule has 0 radical (unpaired) electrons. The molecule has 0 bridgehead atoms. The first-order valence-electron chi connectivity index (χ1n) is 8.54. The fourth-order valence-electron chi connectivity index (χ4n) is 2.78. The molecule has 5 heteroatoms. The highest BCUT2D eigenvalue weighted by Crippen LogP contribution is 2.24. The van der Waals surface area contributed by atoms with E-state index in [4.69, 9.17) is 4.42 Å². The highest BCUT2D eigenvalue weighted by Gasteiger charge is 2.10. The Labute approximate surface area is 161 Å². The summed E-state index contributed by atoms with van der Waals surface area (Å²) in [7, 11) is 4.04. The maximum atomic E-state index is 12.3. The Balaban J connectivity index is 1.60. The molecule has 0 saturated heterocycles. The number of benzene rings is 2. The number of nitrogens with zero attached hydrogens (tertiary/aromatic N) is 2. The fraction of sp³-hybridized carbons (Fsp3) is 0.0909. The van der Waals surface area contributed by atoms with Crippen molar-refractivity contribution in [2.75, 3.05) is 19.0 Å². The number of hydrogen-bond donors (Lipinski definition) is 0. The highest BCUT2D eigenvalue weighted by atomic mass is 32.1. The third-order valence-electron chi connectivity index (χ3n) is 4.27. The summed E-state index contributed by atoms with van der Waals surface area (Å²) in [5.74, 6) is 0. The van der Waals surface area contributed by atoms with Gasteiger partial charge in [-0.25, -0.2) is 9.78 Å². The molecule has 0 saturated carbocycles. The molecule has 0 aliphatic rings. The maximum absolute atomic E-state index is 12.3. The van der Waals surface area contributed by atoms with Crippen LogP contribution in [0.2, 0.25) is 0 Å². The van der Waals surface area contributed by atoms with E-state index in [9.17, 15) is 4.79 Å². The van der Waals surface area contributed by atoms with Gasteiger partial charge in [0, 0.05) is 30.5 Å². The number of hydrogen-bond acceptors (Lipinski definition) is 5. The topological polar surface area (TPSA) is 46.3 Å². The molecule has 4 aromatic rings. The minimum Gasteiger partial charge on any atom is -0.422 e. The van der Waals surface area contributed by atoms with Gasteiger partial charge in [0.05, 0.1) is 11.3 Å². The molecule has 2 aromatic heterocycles. The van der Waals surface area contributed by atoms with E-state index in [2.05, 4.69) is 34.1 Å². The van der Waals surface area contributed by atoms with E-state index in [1.54, 1.807) is 6.07 Å². The first kappa shape index (κ1) is 17.2. The number of anilines is 1. The summed E-state index contributed by atoms with van der Waals surface area (Å²) in [6.07, 6.45) is 3.98. The van der Waals surface area contributed by atoms with E-state index < -0.39 is 0 Å². The Kier molecular flexibility index (Phi) is 4.60. The Morgan fingerprint density at radius 1 is 1.04 bits per heavy atom. The van der Waals surface area contributed by atoms with Crippen molar-refractivity contribution in [3.8, 4) is 11.3 Å². The van der Waals surface area contributed by atoms with Crippen molar-refractivity contribution in [1.82, 2.24) is 4.98 Å². The molecule has 4 nitrogen and oxygen atoms in total. The summed E-state index contributed by atoms with van der Waals surface area (Å²) in [6.45, 7) is 0. The molecule has 0 amide bonds. The lowest BCUT2D eigenvalue weighted by Crippen LogP contribution is -2.07. The van der Waals surface area contributed by atoms with Gasteiger partial charge in [-0.3, -0.25) is 0 Å². The average Bonchev–Trinajstić information content (AvgIpc) is 3.15. The summed E-state index contributed by atoms with van der Waals surface area (Å²) >= 11 is 1.50. The normalized spacial score (nSPS) is 11.3. The molecule has 4 rings (SSSR count). The van der Waals surface area contributed by atoms with E-state index in [0.717, 1.165) is 21.6 Å². The number of thiazole rings is 1. The summed E-state index contributed by atoms with van der Waals surface area (Å²) in [4.78, 5) is 18.9. The van der Waals surface area contributed by atoms with Gasteiger partial charge in [-0.05, 0) is 35.9 Å². The zero-order valence-corrected chi connectivity index (χ0v) is 15.9. The molecule has 2 heterocycles. The SMILES string of the molecule is CN(C)c1ccc(/C=C/c2nc(-c3cc4ccccc4oc3=O)cs2)cc1. The Morgan fingerprint density at radius 3 is 2.59 bits per heavy atom. The summed E-state index contributed by atoms with van der Waals surface area (Å²) in [5, 5.41) is 3.61. The van der Waals surface area contributed by atoms with E-state index in [-0.39, 0.29) is 5.63 Å². The van der Waals surface area contributed by atoms with Gasteiger partial charge in [0.15, 0.2) is 0 Å². The lowest BCUT2D eigenvalue weighted by Gasteiger charge is -2.11. The predicted octanol–water partition coefficient (Wildman–Crippen LogP) is 5.15. The largest absolute Gasteiger partial charge is 0.422 e. The van der Waals surface area contributed by atoms with Crippen LogP contribution in [-0.4, -0.2) is 19.1 Å². The first-order chi connectivity index (χ1) is 13.1. The van der Waals surface area contributed by atoms with Crippen LogP contribution in [0, 0.1) is 0 Å². The van der Waals surface area contributed by atoms with Crippen molar-refractivity contribution in [1.29, 1.82) is 0 Å². The minimum atomic E-state index is -0.367.